The van der Waals surface area contributed by atoms with E-state index in [4.69, 9.17) is 14.9 Å². The van der Waals surface area contributed by atoms with Crippen molar-refractivity contribution in [1.82, 2.24) is 9.80 Å². The van der Waals surface area contributed by atoms with E-state index >= 15 is 0 Å². The molecule has 14 heteroatoms. The van der Waals surface area contributed by atoms with Crippen LogP contribution in [0.3, 0.4) is 0 Å². The summed E-state index contributed by atoms with van der Waals surface area (Å²) in [5.41, 5.74) is 0.586. The number of ether oxygens (including phenoxy) is 1. The van der Waals surface area contributed by atoms with Crippen molar-refractivity contribution < 1.29 is 49.1 Å². The smallest absolute Gasteiger partial charge is 0.410 e. The molecule has 1 aromatic carbocycles. The number of aliphatic hydroxyl groups excluding tert-OH is 2. The highest BCUT2D eigenvalue weighted by molar-refractivity contribution is 6.05. The van der Waals surface area contributed by atoms with Crippen molar-refractivity contribution >= 4 is 28.8 Å². The molecular weight excluding hydrogens is 746 g/mol. The summed E-state index contributed by atoms with van der Waals surface area (Å²) in [7, 11) is 3.33. The Balaban J connectivity index is 0.895. The molecule has 0 saturated heterocycles. The second-order valence-corrected chi connectivity index (χ2v) is 17.8. The number of hydrogen-bond donors (Lipinski definition) is 6. The third kappa shape index (κ3) is 7.40. The van der Waals surface area contributed by atoms with E-state index in [0.717, 1.165) is 64.2 Å². The molecular formula is C44H61N3O11. The minimum absolute atomic E-state index is 0.0198. The van der Waals surface area contributed by atoms with Crippen molar-refractivity contribution in [2.24, 2.45) is 28.9 Å². The molecule has 58 heavy (non-hydrogen) atoms. The summed E-state index contributed by atoms with van der Waals surface area (Å²) in [6.45, 7) is 5.81. The summed E-state index contributed by atoms with van der Waals surface area (Å²) in [6.07, 6.45) is 10.9. The van der Waals surface area contributed by atoms with Crippen LogP contribution in [-0.4, -0.2) is 116 Å². The number of aliphatic hydroxyl groups is 4. The Morgan fingerprint density at radius 1 is 0.914 bits per heavy atom. The zero-order valence-corrected chi connectivity index (χ0v) is 34.4. The lowest BCUT2D eigenvalue weighted by Gasteiger charge is -2.52. The molecule has 7 N–H and O–H groups in total. The first-order chi connectivity index (χ1) is 27.4. The molecule has 2 saturated carbocycles. The number of aromatic hydroxyl groups is 1. The molecule has 4 aliphatic carbocycles. The van der Waals surface area contributed by atoms with Crippen LogP contribution in [0.4, 0.5) is 4.79 Å². The standard InChI is InChI=1S/C44H61N3O11/c1-26-20-33-42(55,36(26)50)24-27(25-48)21-31-34-41(2,3)44(34,37(51)35(45)43(31,33)56)58-40(54)47(5)19-15-13-11-9-7-6-8-10-12-14-18-46(4)38(52)30-22-28-16-17-29(49)23-32(28)57-39(30)53/h16-17,20-23,31,33-35,37,48-49,51,55-56H,6-15,18-19,24-25,45H2,1-5H3/t31-,33+,34+,35+,37+,42+,43+,44+/m0/s1. The van der Waals surface area contributed by atoms with E-state index < -0.39 is 76.2 Å². The number of phenols is 1. The maximum absolute atomic E-state index is 13.5. The second kappa shape index (κ2) is 16.5. The van der Waals surface area contributed by atoms with Crippen LogP contribution >= 0.6 is 0 Å². The summed E-state index contributed by atoms with van der Waals surface area (Å²) in [5, 5.41) is 56.3. The van der Waals surface area contributed by atoms with Gasteiger partial charge in [-0.05, 0) is 49.1 Å². The topological polar surface area (TPSA) is 224 Å². The first-order valence-corrected chi connectivity index (χ1v) is 20.7. The van der Waals surface area contributed by atoms with Gasteiger partial charge in [-0.3, -0.25) is 9.59 Å². The van der Waals surface area contributed by atoms with Gasteiger partial charge in [-0.25, -0.2) is 9.59 Å². The number of ketones is 1. The van der Waals surface area contributed by atoms with Crippen LogP contribution < -0.4 is 11.4 Å². The van der Waals surface area contributed by atoms with Crippen LogP contribution in [0.5, 0.6) is 5.75 Å². The third-order valence-corrected chi connectivity index (χ3v) is 13.8. The van der Waals surface area contributed by atoms with Crippen LogP contribution in [0.2, 0.25) is 0 Å². The van der Waals surface area contributed by atoms with Gasteiger partial charge in [0.05, 0.1) is 18.2 Å². The predicted octanol–water partition coefficient (Wildman–Crippen LogP) is 4.18. The van der Waals surface area contributed by atoms with E-state index in [2.05, 4.69) is 0 Å². The van der Waals surface area contributed by atoms with E-state index in [1.54, 1.807) is 33.2 Å². The van der Waals surface area contributed by atoms with Gasteiger partial charge in [-0.2, -0.15) is 0 Å². The molecule has 0 spiro atoms. The summed E-state index contributed by atoms with van der Waals surface area (Å²) < 4.78 is 11.4. The van der Waals surface area contributed by atoms with Gasteiger partial charge < -0.3 is 50.2 Å². The van der Waals surface area contributed by atoms with Crippen molar-refractivity contribution in [2.75, 3.05) is 33.8 Å². The molecule has 318 valence electrons. The number of Topliss-reactive ketones (excluding diaryl/α,β-unsaturated/α-hetero) is 1. The normalized spacial score (nSPS) is 30.7. The number of rotatable bonds is 16. The lowest BCUT2D eigenvalue weighted by Crippen LogP contribution is -2.72. The van der Waals surface area contributed by atoms with Crippen LogP contribution in [-0.2, 0) is 9.53 Å². The molecule has 0 bridgehead atoms. The van der Waals surface area contributed by atoms with E-state index in [9.17, 15) is 44.7 Å². The number of amides is 2. The van der Waals surface area contributed by atoms with Crippen molar-refractivity contribution in [3.05, 3.63) is 63.5 Å². The Labute approximate surface area is 339 Å². The number of carbonyl (C=O) groups is 3. The van der Waals surface area contributed by atoms with Crippen molar-refractivity contribution in [3.8, 4) is 5.75 Å². The highest BCUT2D eigenvalue weighted by Gasteiger charge is 2.87. The molecule has 0 unspecified atom stereocenters. The van der Waals surface area contributed by atoms with Gasteiger partial charge in [0.25, 0.3) is 5.91 Å². The van der Waals surface area contributed by atoms with Crippen LogP contribution in [0.25, 0.3) is 11.0 Å². The van der Waals surface area contributed by atoms with Crippen LogP contribution in [0.15, 0.2) is 56.8 Å². The van der Waals surface area contributed by atoms with Gasteiger partial charge in [0, 0.05) is 68.2 Å². The molecule has 8 atom stereocenters. The number of carbonyl (C=O) groups excluding carboxylic acids is 3. The van der Waals surface area contributed by atoms with Crippen LogP contribution in [0, 0.1) is 23.2 Å². The van der Waals surface area contributed by atoms with E-state index in [1.165, 1.54) is 34.1 Å². The van der Waals surface area contributed by atoms with E-state index in [-0.39, 0.29) is 34.8 Å². The van der Waals surface area contributed by atoms with Crippen molar-refractivity contribution in [1.29, 1.82) is 0 Å². The maximum Gasteiger partial charge on any atom is 0.410 e. The quantitative estimate of drug-likeness (QED) is 0.0799. The van der Waals surface area contributed by atoms with Gasteiger partial charge in [-0.1, -0.05) is 77.4 Å². The monoisotopic (exact) mass is 807 g/mol. The fourth-order valence-corrected chi connectivity index (χ4v) is 10.4. The second-order valence-electron chi connectivity index (χ2n) is 17.8. The number of benzene rings is 1. The summed E-state index contributed by atoms with van der Waals surface area (Å²) >= 11 is 0. The molecule has 0 aliphatic heterocycles. The molecule has 14 nitrogen and oxygen atoms in total. The summed E-state index contributed by atoms with van der Waals surface area (Å²) in [4.78, 5) is 55.0. The zero-order valence-electron chi connectivity index (χ0n) is 34.4. The summed E-state index contributed by atoms with van der Waals surface area (Å²) in [5.74, 6) is -3.49. The van der Waals surface area contributed by atoms with Crippen molar-refractivity contribution in [2.45, 2.75) is 120 Å². The molecule has 2 aromatic rings. The van der Waals surface area contributed by atoms with Gasteiger partial charge in [-0.15, -0.1) is 0 Å². The lowest BCUT2D eigenvalue weighted by molar-refractivity contribution is -0.191. The Hall–Kier alpha value is -4.08. The zero-order chi connectivity index (χ0) is 42.4. The number of unbranched alkanes of at least 4 members (excludes halogenated alkanes) is 9. The number of nitrogens with zero attached hydrogens (tertiary/aromatic N) is 2. The Kier molecular flexibility index (Phi) is 12.4. The minimum atomic E-state index is -2.02. The highest BCUT2D eigenvalue weighted by atomic mass is 16.6. The van der Waals surface area contributed by atoms with Gasteiger partial charge >= 0.3 is 11.7 Å². The number of hydrogen-bond acceptors (Lipinski definition) is 12. The average Bonchev–Trinajstić information content (AvgIpc) is 3.62. The molecule has 2 amide bonds. The first kappa shape index (κ1) is 43.5. The fraction of sp³-hybridized carbons (Fsp3) is 0.636. The fourth-order valence-electron chi connectivity index (χ4n) is 10.4. The Morgan fingerprint density at radius 3 is 2.10 bits per heavy atom. The maximum atomic E-state index is 13.5. The molecule has 6 rings (SSSR count). The van der Waals surface area contributed by atoms with Gasteiger partial charge in [0.2, 0.25) is 0 Å². The van der Waals surface area contributed by atoms with Gasteiger partial charge in [0.1, 0.15) is 28.6 Å². The van der Waals surface area contributed by atoms with E-state index in [1.807, 2.05) is 13.8 Å². The number of fused-ring (bicyclic) bond motifs is 6. The molecule has 0 radical (unpaired) electrons. The summed E-state index contributed by atoms with van der Waals surface area (Å²) in [6, 6.07) is 4.55. The Bertz CT molecular complexity index is 2030. The molecule has 4 aliphatic rings. The lowest BCUT2D eigenvalue weighted by atomic mass is 9.61. The van der Waals surface area contributed by atoms with Crippen LogP contribution in [0.1, 0.15) is 102 Å². The Morgan fingerprint density at radius 2 is 1.50 bits per heavy atom. The third-order valence-electron chi connectivity index (χ3n) is 13.8. The number of nitrogens with two attached hydrogens (primary N) is 1. The largest absolute Gasteiger partial charge is 0.508 e. The first-order valence-electron chi connectivity index (χ1n) is 20.7. The SMILES string of the molecule is CC1=C[C@H]2[C@@]3(O)[C@H](N)[C@@H](O)[C@]4(OC(=O)N(C)CCCCCCCCCCCCN(C)C(=O)c5cc6ccc(O)cc6oc5=O)[C@H]([C@@H]3C=C(CO)C[C@]2(O)C1=O)C4(C)C. The van der Waals surface area contributed by atoms with Crippen molar-refractivity contribution in [3.63, 3.8) is 0 Å². The predicted molar refractivity (Wildman–Crippen MR) is 216 cm³/mol. The minimum Gasteiger partial charge on any atom is -0.508 e. The molecule has 2 fully saturated rings. The molecule has 1 heterocycles. The van der Waals surface area contributed by atoms with Gasteiger partial charge in [0.15, 0.2) is 11.4 Å². The highest BCUT2D eigenvalue weighted by Crippen LogP contribution is 2.75. The molecule has 1 aromatic heterocycles. The number of phenolic OH excluding ortho intramolecular Hbond substituents is 1. The average molecular weight is 808 g/mol. The van der Waals surface area contributed by atoms with E-state index in [0.29, 0.717) is 24.0 Å².